The molecule has 0 spiro atoms. The number of halogens is 1. The smallest absolute Gasteiger partial charge is 0.328 e. The number of anilines is 1. The lowest BCUT2D eigenvalue weighted by molar-refractivity contribution is -0.116. The van der Waals surface area contributed by atoms with Crippen LogP contribution < -0.4 is 21.3 Å². The van der Waals surface area contributed by atoms with Crippen LogP contribution in [-0.4, -0.2) is 27.2 Å². The number of hydrogen-bond donors (Lipinski definition) is 3. The van der Waals surface area contributed by atoms with Gasteiger partial charge in [-0.3, -0.25) is 19.1 Å². The Bertz CT molecular complexity index is 843. The molecule has 1 heterocycles. The van der Waals surface area contributed by atoms with Gasteiger partial charge in [0.1, 0.15) is 6.54 Å². The lowest BCUT2D eigenvalue weighted by Gasteiger charge is -2.11. The summed E-state index contributed by atoms with van der Waals surface area (Å²) >= 11 is 0. The van der Waals surface area contributed by atoms with E-state index in [9.17, 15) is 23.9 Å². The number of aromatic amines is 1. The molecule has 2 aromatic rings. The molecule has 1 aromatic heterocycles. The molecule has 2 rings (SSSR count). The number of nitrogens with zero attached hydrogens (tertiary/aromatic N) is 1. The monoisotopic (exact) mass is 323 g/mol. The van der Waals surface area contributed by atoms with Crippen LogP contribution in [0.1, 0.15) is 6.92 Å². The summed E-state index contributed by atoms with van der Waals surface area (Å²) in [5.41, 5.74) is -1.99. The average Bonchev–Trinajstić information content (AvgIpc) is 2.49. The molecule has 1 amide bonds. The fourth-order valence-electron chi connectivity index (χ4n) is 1.84. The maximum atomic E-state index is 13.1. The van der Waals surface area contributed by atoms with Crippen molar-refractivity contribution in [1.82, 2.24) is 9.55 Å². The number of H-pyrrole nitrogens is 1. The second-order valence-corrected chi connectivity index (χ2v) is 4.50. The molecule has 0 fully saturated rings. The summed E-state index contributed by atoms with van der Waals surface area (Å²) in [7, 11) is 0. The molecule has 122 valence electrons. The number of carbonyl (C=O) groups excluding carboxylic acids is 1. The standard InChI is InChI=1S/C14H14FN3O5/c1-2-23-10-5-3-4-9(12(10)20)16-11(19)7-18-6-8(15)13(21)17-14(18)22/h3-6,20H,2,7H2,1H3,(H,16,19)(H,17,21,22). The van der Waals surface area contributed by atoms with Gasteiger partial charge in [-0.05, 0) is 19.1 Å². The molecular formula is C14H14FN3O5. The molecule has 0 aliphatic heterocycles. The van der Waals surface area contributed by atoms with Crippen LogP contribution in [0.2, 0.25) is 0 Å². The Morgan fingerprint density at radius 2 is 2.17 bits per heavy atom. The Balaban J connectivity index is 2.18. The van der Waals surface area contributed by atoms with Gasteiger partial charge in [0.2, 0.25) is 11.7 Å². The molecule has 0 aliphatic rings. The summed E-state index contributed by atoms with van der Waals surface area (Å²) in [6.07, 6.45) is 0.636. The van der Waals surface area contributed by atoms with Gasteiger partial charge in [0.15, 0.2) is 11.5 Å². The number of para-hydroxylation sites is 1. The quantitative estimate of drug-likeness (QED) is 0.690. The van der Waals surface area contributed by atoms with E-state index in [0.29, 0.717) is 17.4 Å². The highest BCUT2D eigenvalue weighted by Gasteiger charge is 2.12. The van der Waals surface area contributed by atoms with E-state index in [2.05, 4.69) is 5.32 Å². The van der Waals surface area contributed by atoms with Crippen molar-refractivity contribution in [3.8, 4) is 11.5 Å². The van der Waals surface area contributed by atoms with E-state index in [1.165, 1.54) is 12.1 Å². The second-order valence-electron chi connectivity index (χ2n) is 4.50. The molecule has 0 bridgehead atoms. The van der Waals surface area contributed by atoms with E-state index < -0.39 is 29.5 Å². The van der Waals surface area contributed by atoms with Crippen LogP contribution in [0, 0.1) is 5.82 Å². The Morgan fingerprint density at radius 3 is 2.87 bits per heavy atom. The number of ether oxygens (including phenoxy) is 1. The minimum Gasteiger partial charge on any atom is -0.503 e. The largest absolute Gasteiger partial charge is 0.503 e. The first-order valence-electron chi connectivity index (χ1n) is 6.66. The van der Waals surface area contributed by atoms with Crippen molar-refractivity contribution in [3.05, 3.63) is 51.1 Å². The van der Waals surface area contributed by atoms with Crippen molar-refractivity contribution in [2.24, 2.45) is 0 Å². The zero-order valence-corrected chi connectivity index (χ0v) is 12.1. The van der Waals surface area contributed by atoms with Crippen molar-refractivity contribution in [2.75, 3.05) is 11.9 Å². The normalized spacial score (nSPS) is 10.3. The van der Waals surface area contributed by atoms with Crippen LogP contribution in [0.15, 0.2) is 34.0 Å². The Kier molecular flexibility index (Phi) is 4.79. The third-order valence-corrected chi connectivity index (χ3v) is 2.85. The first kappa shape index (κ1) is 16.3. The van der Waals surface area contributed by atoms with E-state index >= 15 is 0 Å². The first-order chi connectivity index (χ1) is 10.9. The maximum absolute atomic E-state index is 13.1. The SMILES string of the molecule is CCOc1cccc(NC(=O)Cn2cc(F)c(=O)[nH]c2=O)c1O. The van der Waals surface area contributed by atoms with Gasteiger partial charge in [-0.25, -0.2) is 4.79 Å². The minimum absolute atomic E-state index is 0.0823. The van der Waals surface area contributed by atoms with Crippen molar-refractivity contribution in [2.45, 2.75) is 13.5 Å². The van der Waals surface area contributed by atoms with Gasteiger partial charge < -0.3 is 15.2 Å². The summed E-state index contributed by atoms with van der Waals surface area (Å²) in [6.45, 7) is 1.53. The highest BCUT2D eigenvalue weighted by Crippen LogP contribution is 2.33. The molecule has 0 saturated heterocycles. The molecule has 1 aromatic carbocycles. The fraction of sp³-hybridized carbons (Fsp3) is 0.214. The molecule has 9 heteroatoms. The van der Waals surface area contributed by atoms with Gasteiger partial charge in [-0.1, -0.05) is 6.07 Å². The number of aromatic hydroxyl groups is 1. The topological polar surface area (TPSA) is 113 Å². The summed E-state index contributed by atoms with van der Waals surface area (Å²) < 4.78 is 19.0. The second kappa shape index (κ2) is 6.77. The van der Waals surface area contributed by atoms with E-state index in [1.807, 2.05) is 0 Å². The van der Waals surface area contributed by atoms with Gasteiger partial charge in [-0.2, -0.15) is 4.39 Å². The van der Waals surface area contributed by atoms with E-state index in [0.717, 1.165) is 0 Å². The van der Waals surface area contributed by atoms with Crippen LogP contribution in [0.25, 0.3) is 0 Å². The van der Waals surface area contributed by atoms with Crippen molar-refractivity contribution >= 4 is 11.6 Å². The number of amides is 1. The molecule has 23 heavy (non-hydrogen) atoms. The van der Waals surface area contributed by atoms with Gasteiger partial charge in [0.05, 0.1) is 18.5 Å². The Hall–Kier alpha value is -3.10. The predicted molar refractivity (Wildman–Crippen MR) is 79.2 cm³/mol. The van der Waals surface area contributed by atoms with Gasteiger partial charge in [-0.15, -0.1) is 0 Å². The number of benzene rings is 1. The molecular weight excluding hydrogens is 309 g/mol. The van der Waals surface area contributed by atoms with E-state index in [-0.39, 0.29) is 17.2 Å². The molecule has 8 nitrogen and oxygen atoms in total. The predicted octanol–water partition coefficient (Wildman–Crippen LogP) is 0.419. The lowest BCUT2D eigenvalue weighted by atomic mass is 10.2. The van der Waals surface area contributed by atoms with Crippen LogP contribution in [0.4, 0.5) is 10.1 Å². The van der Waals surface area contributed by atoms with E-state index in [4.69, 9.17) is 4.74 Å². The molecule has 0 unspecified atom stereocenters. The number of phenolic OH excluding ortho intramolecular Hbond substituents is 1. The van der Waals surface area contributed by atoms with Crippen molar-refractivity contribution in [1.29, 1.82) is 0 Å². The summed E-state index contributed by atoms with van der Waals surface area (Å²) in [6, 6.07) is 4.52. The highest BCUT2D eigenvalue weighted by atomic mass is 19.1. The number of phenols is 1. The van der Waals surface area contributed by atoms with Crippen molar-refractivity contribution < 1.29 is 19.0 Å². The lowest BCUT2D eigenvalue weighted by Crippen LogP contribution is -2.34. The fourth-order valence-corrected chi connectivity index (χ4v) is 1.84. The zero-order valence-electron chi connectivity index (χ0n) is 12.1. The molecule has 3 N–H and O–H groups in total. The van der Waals surface area contributed by atoms with Crippen molar-refractivity contribution in [3.63, 3.8) is 0 Å². The van der Waals surface area contributed by atoms with Crippen LogP contribution >= 0.6 is 0 Å². The Morgan fingerprint density at radius 1 is 1.43 bits per heavy atom. The highest BCUT2D eigenvalue weighted by molar-refractivity contribution is 5.92. The Labute approximate surface area is 129 Å². The van der Waals surface area contributed by atoms with E-state index in [1.54, 1.807) is 18.0 Å². The molecule has 0 aliphatic carbocycles. The number of carbonyl (C=O) groups is 1. The average molecular weight is 323 g/mol. The summed E-state index contributed by atoms with van der Waals surface area (Å²) in [4.78, 5) is 36.1. The van der Waals surface area contributed by atoms with Gasteiger partial charge in [0.25, 0.3) is 5.56 Å². The van der Waals surface area contributed by atoms with Crippen LogP contribution in [-0.2, 0) is 11.3 Å². The third kappa shape index (κ3) is 3.76. The maximum Gasteiger partial charge on any atom is 0.328 e. The number of hydrogen-bond acceptors (Lipinski definition) is 5. The number of nitrogens with one attached hydrogen (secondary N) is 2. The summed E-state index contributed by atoms with van der Waals surface area (Å²) in [5, 5.41) is 12.3. The molecule has 0 radical (unpaired) electrons. The van der Waals surface area contributed by atoms with Gasteiger partial charge in [0, 0.05) is 0 Å². The molecule has 0 atom stereocenters. The molecule has 0 saturated carbocycles. The zero-order chi connectivity index (χ0) is 17.0. The summed E-state index contributed by atoms with van der Waals surface area (Å²) in [5.74, 6) is -1.94. The van der Waals surface area contributed by atoms with Crippen LogP contribution in [0.3, 0.4) is 0 Å². The number of aromatic nitrogens is 2. The minimum atomic E-state index is -1.18. The first-order valence-corrected chi connectivity index (χ1v) is 6.66. The third-order valence-electron chi connectivity index (χ3n) is 2.85. The van der Waals surface area contributed by atoms with Crippen LogP contribution in [0.5, 0.6) is 11.5 Å². The number of rotatable bonds is 5. The van der Waals surface area contributed by atoms with Gasteiger partial charge >= 0.3 is 5.69 Å².